The Hall–Kier alpha value is -1.29. The van der Waals surface area contributed by atoms with Gasteiger partial charge in [0.1, 0.15) is 0 Å². The predicted octanol–water partition coefficient (Wildman–Crippen LogP) is 2.86. The summed E-state index contributed by atoms with van der Waals surface area (Å²) in [7, 11) is -3.19. The molecule has 0 aliphatic heterocycles. The molecule has 0 aromatic heterocycles. The molecule has 0 aliphatic rings. The Balaban J connectivity index is 3.12. The summed E-state index contributed by atoms with van der Waals surface area (Å²) in [5.41, 5.74) is 0.647. The van der Waals surface area contributed by atoms with Crippen molar-refractivity contribution in [1.29, 1.82) is 0 Å². The first-order valence-corrected chi connectivity index (χ1v) is 7.37. The van der Waals surface area contributed by atoms with Crippen molar-refractivity contribution in [2.75, 3.05) is 11.1 Å². The second-order valence-corrected chi connectivity index (χ2v) is 6.06. The predicted molar refractivity (Wildman–Crippen MR) is 72.1 cm³/mol. The van der Waals surface area contributed by atoms with E-state index in [0.29, 0.717) is 17.0 Å². The third-order valence-electron chi connectivity index (χ3n) is 2.43. The number of benzene rings is 1. The van der Waals surface area contributed by atoms with Gasteiger partial charge in [-0.2, -0.15) is 0 Å². The molecule has 0 heterocycles. The fourth-order valence-electron chi connectivity index (χ4n) is 1.54. The van der Waals surface area contributed by atoms with Gasteiger partial charge in [0.2, 0.25) is 0 Å². The smallest absolute Gasteiger partial charge is 0.180 e. The quantitative estimate of drug-likeness (QED) is 0.793. The molecule has 4 heteroatoms. The number of anilines is 1. The highest BCUT2D eigenvalue weighted by Crippen LogP contribution is 2.23. The van der Waals surface area contributed by atoms with Gasteiger partial charge >= 0.3 is 0 Å². The minimum absolute atomic E-state index is 0.0352. The molecule has 0 aliphatic carbocycles. The zero-order chi connectivity index (χ0) is 12.9. The number of para-hydroxylation sites is 1. The van der Waals surface area contributed by atoms with E-state index in [9.17, 15) is 8.42 Å². The lowest BCUT2D eigenvalue weighted by atomic mass is 10.2. The van der Waals surface area contributed by atoms with Crippen molar-refractivity contribution < 1.29 is 8.42 Å². The first kappa shape index (κ1) is 13.8. The van der Waals surface area contributed by atoms with Gasteiger partial charge in [-0.3, -0.25) is 0 Å². The monoisotopic (exact) mass is 253 g/mol. The molecule has 1 unspecified atom stereocenters. The SMILES string of the molecule is C=CC(C)Nc1ccccc1S(=O)(=O)CCC. The zero-order valence-corrected chi connectivity index (χ0v) is 11.1. The first-order valence-electron chi connectivity index (χ1n) is 5.72. The molecular formula is C13H19NO2S. The Labute approximate surface area is 103 Å². The van der Waals surface area contributed by atoms with Crippen molar-refractivity contribution >= 4 is 15.5 Å². The van der Waals surface area contributed by atoms with Gasteiger partial charge in [-0.1, -0.05) is 25.1 Å². The van der Waals surface area contributed by atoms with Crippen molar-refractivity contribution in [3.05, 3.63) is 36.9 Å². The van der Waals surface area contributed by atoms with Crippen molar-refractivity contribution in [1.82, 2.24) is 0 Å². The summed E-state index contributed by atoms with van der Waals surface area (Å²) < 4.78 is 24.1. The average molecular weight is 253 g/mol. The maximum Gasteiger partial charge on any atom is 0.180 e. The Morgan fingerprint density at radius 2 is 2.06 bits per heavy atom. The van der Waals surface area contributed by atoms with Crippen LogP contribution in [0.25, 0.3) is 0 Å². The molecule has 1 N–H and O–H groups in total. The van der Waals surface area contributed by atoms with E-state index in [2.05, 4.69) is 11.9 Å². The van der Waals surface area contributed by atoms with Crippen LogP contribution in [0.3, 0.4) is 0 Å². The number of sulfone groups is 1. The van der Waals surface area contributed by atoms with E-state index in [1.807, 2.05) is 19.9 Å². The topological polar surface area (TPSA) is 46.2 Å². The second-order valence-electron chi connectivity index (χ2n) is 3.98. The van der Waals surface area contributed by atoms with Gasteiger partial charge in [0, 0.05) is 6.04 Å². The molecule has 0 amide bonds. The summed E-state index contributed by atoms with van der Waals surface area (Å²) in [6, 6.07) is 7.02. The summed E-state index contributed by atoms with van der Waals surface area (Å²) in [6.07, 6.45) is 2.36. The van der Waals surface area contributed by atoms with Crippen LogP contribution < -0.4 is 5.32 Å². The largest absolute Gasteiger partial charge is 0.378 e. The highest BCUT2D eigenvalue weighted by molar-refractivity contribution is 7.91. The number of rotatable bonds is 6. The van der Waals surface area contributed by atoms with Gasteiger partial charge in [0.05, 0.1) is 16.3 Å². The van der Waals surface area contributed by atoms with E-state index in [1.54, 1.807) is 24.3 Å². The fraction of sp³-hybridized carbons (Fsp3) is 0.385. The molecule has 0 spiro atoms. The van der Waals surface area contributed by atoms with Gasteiger partial charge in [-0.25, -0.2) is 8.42 Å². The molecule has 17 heavy (non-hydrogen) atoms. The van der Waals surface area contributed by atoms with E-state index < -0.39 is 9.84 Å². The third kappa shape index (κ3) is 3.60. The molecule has 0 saturated carbocycles. The highest BCUT2D eigenvalue weighted by atomic mass is 32.2. The maximum absolute atomic E-state index is 12.1. The van der Waals surface area contributed by atoms with Crippen LogP contribution in [0.2, 0.25) is 0 Å². The normalized spacial score (nSPS) is 13.1. The fourth-order valence-corrected chi connectivity index (χ4v) is 3.05. The molecule has 3 nitrogen and oxygen atoms in total. The molecule has 0 radical (unpaired) electrons. The van der Waals surface area contributed by atoms with Crippen LogP contribution in [0, 0.1) is 0 Å². The number of hydrogen-bond donors (Lipinski definition) is 1. The Kier molecular flexibility index (Phi) is 4.75. The molecule has 0 bridgehead atoms. The van der Waals surface area contributed by atoms with Crippen LogP contribution in [-0.2, 0) is 9.84 Å². The van der Waals surface area contributed by atoms with Gasteiger partial charge in [-0.05, 0) is 25.5 Å². The standard InChI is InChI=1S/C13H19NO2S/c1-4-10-17(15,16)13-9-7-6-8-12(13)14-11(3)5-2/h5-9,11,14H,2,4,10H2,1,3H3. The van der Waals surface area contributed by atoms with E-state index in [0.717, 1.165) is 0 Å². The molecular weight excluding hydrogens is 234 g/mol. The Morgan fingerprint density at radius 3 is 2.65 bits per heavy atom. The summed E-state index contributed by atoms with van der Waals surface area (Å²) in [5, 5.41) is 3.13. The van der Waals surface area contributed by atoms with E-state index in [1.165, 1.54) is 0 Å². The van der Waals surface area contributed by atoms with E-state index >= 15 is 0 Å². The lowest BCUT2D eigenvalue weighted by Crippen LogP contribution is -2.15. The number of hydrogen-bond acceptors (Lipinski definition) is 3. The Morgan fingerprint density at radius 1 is 1.41 bits per heavy atom. The lowest BCUT2D eigenvalue weighted by Gasteiger charge is -2.15. The van der Waals surface area contributed by atoms with Crippen LogP contribution in [0.5, 0.6) is 0 Å². The molecule has 0 fully saturated rings. The van der Waals surface area contributed by atoms with Crippen LogP contribution >= 0.6 is 0 Å². The van der Waals surface area contributed by atoms with E-state index in [4.69, 9.17) is 0 Å². The molecule has 1 rings (SSSR count). The zero-order valence-electron chi connectivity index (χ0n) is 10.3. The van der Waals surface area contributed by atoms with Crippen molar-refractivity contribution in [3.8, 4) is 0 Å². The maximum atomic E-state index is 12.1. The third-order valence-corrected chi connectivity index (χ3v) is 4.40. The average Bonchev–Trinajstić information content (AvgIpc) is 2.29. The van der Waals surface area contributed by atoms with Crippen molar-refractivity contribution in [2.45, 2.75) is 31.2 Å². The molecule has 1 aromatic rings. The molecule has 0 saturated heterocycles. The van der Waals surface area contributed by atoms with E-state index in [-0.39, 0.29) is 11.8 Å². The summed E-state index contributed by atoms with van der Waals surface area (Å²) in [4.78, 5) is 0.371. The van der Waals surface area contributed by atoms with Crippen LogP contribution in [0.4, 0.5) is 5.69 Å². The molecule has 94 valence electrons. The van der Waals surface area contributed by atoms with Gasteiger partial charge in [-0.15, -0.1) is 6.58 Å². The summed E-state index contributed by atoms with van der Waals surface area (Å²) in [5.74, 6) is 0.175. The minimum atomic E-state index is -3.19. The number of nitrogens with one attached hydrogen (secondary N) is 1. The van der Waals surface area contributed by atoms with Gasteiger partial charge in [0.25, 0.3) is 0 Å². The Bertz CT molecular complexity index is 480. The summed E-state index contributed by atoms with van der Waals surface area (Å²) >= 11 is 0. The second kappa shape index (κ2) is 5.87. The van der Waals surface area contributed by atoms with Crippen molar-refractivity contribution in [3.63, 3.8) is 0 Å². The van der Waals surface area contributed by atoms with Crippen LogP contribution in [-0.4, -0.2) is 20.2 Å². The van der Waals surface area contributed by atoms with Crippen LogP contribution in [0.1, 0.15) is 20.3 Å². The van der Waals surface area contributed by atoms with Gasteiger partial charge in [0.15, 0.2) is 9.84 Å². The molecule has 1 atom stereocenters. The first-order chi connectivity index (χ1) is 8.01. The lowest BCUT2D eigenvalue weighted by molar-refractivity contribution is 0.595. The minimum Gasteiger partial charge on any atom is -0.378 e. The summed E-state index contributed by atoms with van der Waals surface area (Å²) in [6.45, 7) is 7.46. The molecule has 1 aromatic carbocycles. The highest BCUT2D eigenvalue weighted by Gasteiger charge is 2.17. The van der Waals surface area contributed by atoms with Crippen molar-refractivity contribution in [2.24, 2.45) is 0 Å². The van der Waals surface area contributed by atoms with Gasteiger partial charge < -0.3 is 5.32 Å². The van der Waals surface area contributed by atoms with Crippen LogP contribution in [0.15, 0.2) is 41.8 Å².